The zero-order valence-corrected chi connectivity index (χ0v) is 15.8. The molecule has 0 aliphatic rings. The highest BCUT2D eigenvalue weighted by Gasteiger charge is 2.09. The molecule has 0 saturated heterocycles. The molecule has 0 atom stereocenters. The number of carbonyl (C=O) groups is 3. The van der Waals surface area contributed by atoms with Crippen LogP contribution in [0.3, 0.4) is 0 Å². The maximum Gasteiger partial charge on any atom is 0.338 e. The molecule has 0 aliphatic heterocycles. The van der Waals surface area contributed by atoms with Gasteiger partial charge in [0.2, 0.25) is 5.78 Å². The number of Topliss-reactive ketones (excluding diaryl/α,β-unsaturated/α-hetero) is 1. The fraction of sp³-hybridized carbons (Fsp3) is 0.286. The molecular weight excluding hydrogens is 364 g/mol. The number of ketones is 1. The van der Waals surface area contributed by atoms with Crippen molar-refractivity contribution in [1.29, 1.82) is 0 Å². The van der Waals surface area contributed by atoms with Gasteiger partial charge in [-0.15, -0.1) is 0 Å². The summed E-state index contributed by atoms with van der Waals surface area (Å²) in [5.41, 5.74) is 0.824. The lowest BCUT2D eigenvalue weighted by atomic mass is 10.2. The number of benzene rings is 2. The number of rotatable bonds is 10. The van der Waals surface area contributed by atoms with E-state index in [1.54, 1.807) is 62.4 Å². The molecule has 0 unspecified atom stereocenters. The molecule has 7 nitrogen and oxygen atoms in total. The molecule has 2 rings (SSSR count). The van der Waals surface area contributed by atoms with Crippen LogP contribution in [0, 0.1) is 0 Å². The smallest absolute Gasteiger partial charge is 0.338 e. The Morgan fingerprint density at radius 2 is 1.00 bits per heavy atom. The molecule has 0 bridgehead atoms. The minimum atomic E-state index is -0.410. The summed E-state index contributed by atoms with van der Waals surface area (Å²) in [6.07, 6.45) is 0. The van der Waals surface area contributed by atoms with Crippen LogP contribution in [0.2, 0.25) is 0 Å². The first-order valence-electron chi connectivity index (χ1n) is 8.85. The van der Waals surface area contributed by atoms with Crippen LogP contribution in [0.5, 0.6) is 11.5 Å². The predicted octanol–water partition coefficient (Wildman–Crippen LogP) is 3.07. The van der Waals surface area contributed by atoms with Gasteiger partial charge in [-0.05, 0) is 62.4 Å². The molecule has 148 valence electrons. The highest BCUT2D eigenvalue weighted by molar-refractivity contribution is 5.90. The monoisotopic (exact) mass is 386 g/mol. The van der Waals surface area contributed by atoms with Gasteiger partial charge in [0.05, 0.1) is 24.3 Å². The van der Waals surface area contributed by atoms with E-state index >= 15 is 0 Å². The number of carbonyl (C=O) groups excluding carboxylic acids is 3. The van der Waals surface area contributed by atoms with Gasteiger partial charge in [-0.2, -0.15) is 0 Å². The van der Waals surface area contributed by atoms with E-state index in [1.165, 1.54) is 0 Å². The second-order valence-corrected chi connectivity index (χ2v) is 5.61. The fourth-order valence-corrected chi connectivity index (χ4v) is 2.17. The van der Waals surface area contributed by atoms with Crippen LogP contribution in [0.1, 0.15) is 34.6 Å². The van der Waals surface area contributed by atoms with Gasteiger partial charge in [-0.25, -0.2) is 9.59 Å². The first-order valence-corrected chi connectivity index (χ1v) is 8.85. The average molecular weight is 386 g/mol. The maximum atomic E-state index is 11.9. The predicted molar refractivity (Wildman–Crippen MR) is 101 cm³/mol. The van der Waals surface area contributed by atoms with E-state index in [1.807, 2.05) is 0 Å². The van der Waals surface area contributed by atoms with E-state index in [0.717, 1.165) is 0 Å². The Balaban J connectivity index is 1.76. The van der Waals surface area contributed by atoms with E-state index in [-0.39, 0.29) is 19.0 Å². The van der Waals surface area contributed by atoms with Crippen LogP contribution in [0.25, 0.3) is 0 Å². The Morgan fingerprint density at radius 1 is 0.643 bits per heavy atom. The van der Waals surface area contributed by atoms with Crippen molar-refractivity contribution in [2.24, 2.45) is 0 Å². The molecule has 0 radical (unpaired) electrons. The summed E-state index contributed by atoms with van der Waals surface area (Å²) in [5, 5.41) is 0. The van der Waals surface area contributed by atoms with Crippen molar-refractivity contribution >= 4 is 17.7 Å². The lowest BCUT2D eigenvalue weighted by molar-refractivity contribution is -0.123. The van der Waals surface area contributed by atoms with Crippen LogP contribution in [-0.4, -0.2) is 44.1 Å². The SMILES string of the molecule is CCOC(=O)c1ccc(OCC(=O)COc2ccc(C(=O)OCC)cc2)cc1. The highest BCUT2D eigenvalue weighted by atomic mass is 16.5. The summed E-state index contributed by atoms with van der Waals surface area (Å²) >= 11 is 0. The van der Waals surface area contributed by atoms with E-state index < -0.39 is 11.9 Å². The zero-order chi connectivity index (χ0) is 20.4. The lowest BCUT2D eigenvalue weighted by Crippen LogP contribution is -2.19. The summed E-state index contributed by atoms with van der Waals surface area (Å²) in [6.45, 7) is 3.74. The molecule has 0 aliphatic carbocycles. The van der Waals surface area contributed by atoms with E-state index in [9.17, 15) is 14.4 Å². The molecule has 0 spiro atoms. The van der Waals surface area contributed by atoms with Crippen molar-refractivity contribution in [3.8, 4) is 11.5 Å². The van der Waals surface area contributed by atoms with Gasteiger partial charge in [0.1, 0.15) is 24.7 Å². The van der Waals surface area contributed by atoms with Gasteiger partial charge < -0.3 is 18.9 Å². The molecule has 2 aromatic rings. The summed E-state index contributed by atoms with van der Waals surface area (Å²) < 4.78 is 20.6. The first kappa shape index (κ1) is 21.0. The van der Waals surface area contributed by atoms with Crippen molar-refractivity contribution in [3.05, 3.63) is 59.7 Å². The van der Waals surface area contributed by atoms with Gasteiger partial charge in [0.15, 0.2) is 0 Å². The third kappa shape index (κ3) is 6.42. The zero-order valence-electron chi connectivity index (χ0n) is 15.8. The third-order valence-electron chi connectivity index (χ3n) is 3.53. The Kier molecular flexibility index (Phi) is 8.02. The molecule has 0 saturated carbocycles. The number of hydrogen-bond acceptors (Lipinski definition) is 7. The molecule has 0 fully saturated rings. The quantitative estimate of drug-likeness (QED) is 0.580. The van der Waals surface area contributed by atoms with Crippen molar-refractivity contribution in [1.82, 2.24) is 0 Å². The third-order valence-corrected chi connectivity index (χ3v) is 3.53. The number of hydrogen-bond donors (Lipinski definition) is 0. The van der Waals surface area contributed by atoms with Gasteiger partial charge >= 0.3 is 11.9 Å². The molecule has 7 heteroatoms. The summed E-state index contributed by atoms with van der Waals surface area (Å²) in [4.78, 5) is 35.1. The largest absolute Gasteiger partial charge is 0.486 e. The molecule has 0 aromatic heterocycles. The molecule has 2 aromatic carbocycles. The fourth-order valence-electron chi connectivity index (χ4n) is 2.17. The Bertz CT molecular complexity index is 727. The van der Waals surface area contributed by atoms with E-state index in [2.05, 4.69) is 0 Å². The second-order valence-electron chi connectivity index (χ2n) is 5.61. The maximum absolute atomic E-state index is 11.9. The van der Waals surface area contributed by atoms with Crippen LogP contribution in [0.15, 0.2) is 48.5 Å². The van der Waals surface area contributed by atoms with Gasteiger partial charge in [0, 0.05) is 0 Å². The Labute approximate surface area is 163 Å². The summed E-state index contributed by atoms with van der Waals surface area (Å²) in [6, 6.07) is 12.6. The molecule has 0 heterocycles. The Morgan fingerprint density at radius 3 is 1.32 bits per heavy atom. The second kappa shape index (κ2) is 10.7. The van der Waals surface area contributed by atoms with Crippen LogP contribution < -0.4 is 9.47 Å². The van der Waals surface area contributed by atoms with Crippen LogP contribution in [-0.2, 0) is 14.3 Å². The van der Waals surface area contributed by atoms with Crippen LogP contribution >= 0.6 is 0 Å². The lowest BCUT2D eigenvalue weighted by Gasteiger charge is -2.08. The molecular formula is C21H22O7. The minimum Gasteiger partial charge on any atom is -0.486 e. The average Bonchev–Trinajstić information content (AvgIpc) is 2.72. The topological polar surface area (TPSA) is 88.1 Å². The minimum absolute atomic E-state index is 0.167. The molecule has 28 heavy (non-hydrogen) atoms. The summed E-state index contributed by atoms with van der Waals surface area (Å²) in [7, 11) is 0. The van der Waals surface area contributed by atoms with Gasteiger partial charge in [-0.3, -0.25) is 4.79 Å². The van der Waals surface area contributed by atoms with Gasteiger partial charge in [0.25, 0.3) is 0 Å². The number of esters is 2. The van der Waals surface area contributed by atoms with Crippen molar-refractivity contribution in [3.63, 3.8) is 0 Å². The van der Waals surface area contributed by atoms with Crippen molar-refractivity contribution in [2.45, 2.75) is 13.8 Å². The summed E-state index contributed by atoms with van der Waals surface area (Å²) in [5.74, 6) is -0.163. The highest BCUT2D eigenvalue weighted by Crippen LogP contribution is 2.14. The molecule has 0 amide bonds. The molecule has 0 N–H and O–H groups in total. The van der Waals surface area contributed by atoms with Crippen molar-refractivity contribution in [2.75, 3.05) is 26.4 Å². The van der Waals surface area contributed by atoms with E-state index in [0.29, 0.717) is 35.8 Å². The Hall–Kier alpha value is -3.35. The number of ether oxygens (including phenoxy) is 4. The first-order chi connectivity index (χ1) is 13.5. The van der Waals surface area contributed by atoms with Crippen LogP contribution in [0.4, 0.5) is 0 Å². The van der Waals surface area contributed by atoms with Crippen molar-refractivity contribution < 1.29 is 33.3 Å². The van der Waals surface area contributed by atoms with E-state index in [4.69, 9.17) is 18.9 Å². The normalized spacial score (nSPS) is 10.1. The standard InChI is InChI=1S/C21H22O7/c1-3-25-20(23)15-5-9-18(10-6-15)27-13-17(22)14-28-19-11-7-16(8-12-19)21(24)26-4-2/h5-12H,3-4,13-14H2,1-2H3. The van der Waals surface area contributed by atoms with Gasteiger partial charge in [-0.1, -0.05) is 0 Å².